The fourth-order valence-electron chi connectivity index (χ4n) is 4.66. The Balaban J connectivity index is 0.998. The largest absolute Gasteiger partial charge is 0.379 e. The summed E-state index contributed by atoms with van der Waals surface area (Å²) in [6.45, 7) is 3.98. The summed E-state index contributed by atoms with van der Waals surface area (Å²) in [4.78, 5) is 59.1. The normalized spacial score (nSPS) is 21.2. The minimum absolute atomic E-state index is 0.0640. The second-order valence-corrected chi connectivity index (χ2v) is 11.3. The maximum atomic E-state index is 12.0. The highest BCUT2D eigenvalue weighted by atomic mass is 32.2. The van der Waals surface area contributed by atoms with Gasteiger partial charge in [-0.3, -0.25) is 24.1 Å². The zero-order valence-corrected chi connectivity index (χ0v) is 24.3. The molecule has 3 heterocycles. The summed E-state index contributed by atoms with van der Waals surface area (Å²) in [7, 11) is 0. The van der Waals surface area contributed by atoms with Crippen LogP contribution in [0.2, 0.25) is 0 Å². The van der Waals surface area contributed by atoms with Crippen LogP contribution < -0.4 is 21.3 Å². The number of hydrogen-bond acceptors (Lipinski definition) is 9. The van der Waals surface area contributed by atoms with Gasteiger partial charge in [-0.2, -0.15) is 11.8 Å². The van der Waals surface area contributed by atoms with Crippen molar-refractivity contribution >= 4 is 41.4 Å². The van der Waals surface area contributed by atoms with Gasteiger partial charge in [0.25, 0.3) is 11.8 Å². The molecule has 0 unspecified atom stereocenters. The van der Waals surface area contributed by atoms with Crippen LogP contribution in [0.25, 0.3) is 0 Å². The molecule has 0 saturated carbocycles. The summed E-state index contributed by atoms with van der Waals surface area (Å²) in [5.41, 5.74) is 0. The van der Waals surface area contributed by atoms with Crippen LogP contribution in [0.3, 0.4) is 0 Å². The van der Waals surface area contributed by atoms with Crippen LogP contribution in [0.1, 0.15) is 44.9 Å². The second-order valence-electron chi connectivity index (χ2n) is 10.0. The lowest BCUT2D eigenvalue weighted by Crippen LogP contribution is -2.36. The van der Waals surface area contributed by atoms with Crippen molar-refractivity contribution < 1.29 is 38.2 Å². The molecule has 2 saturated heterocycles. The summed E-state index contributed by atoms with van der Waals surface area (Å²) in [6.07, 6.45) is 7.22. The zero-order valence-electron chi connectivity index (χ0n) is 23.5. The molecular weight excluding hydrogens is 554 g/mol. The summed E-state index contributed by atoms with van der Waals surface area (Å²) in [5.74, 6) is 0.0304. The summed E-state index contributed by atoms with van der Waals surface area (Å²) in [5, 5.41) is 12.0. The molecule has 13 nitrogen and oxygen atoms in total. The first-order valence-electron chi connectivity index (χ1n) is 14.4. The van der Waals surface area contributed by atoms with E-state index in [2.05, 4.69) is 21.3 Å². The number of nitrogens with zero attached hydrogens (tertiary/aromatic N) is 1. The van der Waals surface area contributed by atoms with E-state index < -0.39 is 0 Å². The molecule has 3 aliphatic heterocycles. The van der Waals surface area contributed by atoms with Gasteiger partial charge in [-0.15, -0.1) is 0 Å². The van der Waals surface area contributed by atoms with Gasteiger partial charge in [0.2, 0.25) is 11.8 Å². The quantitative estimate of drug-likeness (QED) is 0.0769. The highest BCUT2D eigenvalue weighted by molar-refractivity contribution is 8.00. The monoisotopic (exact) mass is 597 g/mol. The molecule has 3 aliphatic rings. The highest BCUT2D eigenvalue weighted by Crippen LogP contribution is 2.33. The first-order chi connectivity index (χ1) is 19.9. The van der Waals surface area contributed by atoms with Crippen molar-refractivity contribution in [1.29, 1.82) is 0 Å². The molecule has 4 N–H and O–H groups in total. The van der Waals surface area contributed by atoms with E-state index in [-0.39, 0.29) is 54.7 Å². The molecule has 3 atom stereocenters. The van der Waals surface area contributed by atoms with Gasteiger partial charge in [-0.25, -0.2) is 4.79 Å². The first kappa shape index (κ1) is 32.8. The minimum atomic E-state index is -0.387. The Kier molecular flexibility index (Phi) is 15.0. The number of amides is 6. The van der Waals surface area contributed by atoms with Crippen molar-refractivity contribution in [3.8, 4) is 0 Å². The van der Waals surface area contributed by atoms with E-state index in [4.69, 9.17) is 14.2 Å². The van der Waals surface area contributed by atoms with Gasteiger partial charge in [0.1, 0.15) is 0 Å². The van der Waals surface area contributed by atoms with E-state index >= 15 is 0 Å². The average Bonchev–Trinajstić information content (AvgIpc) is 3.61. The van der Waals surface area contributed by atoms with E-state index in [9.17, 15) is 24.0 Å². The average molecular weight is 598 g/mol. The van der Waals surface area contributed by atoms with Crippen LogP contribution in [0, 0.1) is 0 Å². The van der Waals surface area contributed by atoms with Gasteiger partial charge in [-0.1, -0.05) is 6.42 Å². The molecule has 3 rings (SSSR count). The molecular formula is C27H43N5O8S. The van der Waals surface area contributed by atoms with Crippen LogP contribution in [0.5, 0.6) is 0 Å². The Bertz CT molecular complexity index is 902. The Morgan fingerprint density at radius 3 is 2.02 bits per heavy atom. The number of fused-ring (bicyclic) bond motifs is 1. The van der Waals surface area contributed by atoms with E-state index in [1.807, 2.05) is 11.8 Å². The number of imide groups is 1. The molecule has 0 aliphatic carbocycles. The fourth-order valence-corrected chi connectivity index (χ4v) is 6.21. The third kappa shape index (κ3) is 12.4. The molecule has 0 spiro atoms. The Hall–Kier alpha value is -2.68. The van der Waals surface area contributed by atoms with E-state index in [1.54, 1.807) is 0 Å². The van der Waals surface area contributed by atoms with Crippen LogP contribution in [0.4, 0.5) is 4.79 Å². The number of ether oxygens (including phenoxy) is 3. The van der Waals surface area contributed by atoms with Crippen LogP contribution in [0.15, 0.2) is 12.2 Å². The van der Waals surface area contributed by atoms with Gasteiger partial charge in [0.15, 0.2) is 0 Å². The van der Waals surface area contributed by atoms with E-state index in [0.29, 0.717) is 70.8 Å². The predicted octanol–water partition coefficient (Wildman–Crippen LogP) is 0.0897. The van der Waals surface area contributed by atoms with Crippen molar-refractivity contribution in [2.45, 2.75) is 62.3 Å². The van der Waals surface area contributed by atoms with E-state index in [0.717, 1.165) is 36.3 Å². The molecule has 230 valence electrons. The van der Waals surface area contributed by atoms with Gasteiger partial charge in [0, 0.05) is 68.8 Å². The number of unbranched alkanes of at least 4 members (excludes halogenated alkanes) is 1. The third-order valence-corrected chi connectivity index (χ3v) is 8.37. The molecule has 41 heavy (non-hydrogen) atoms. The Morgan fingerprint density at radius 2 is 1.39 bits per heavy atom. The number of carbonyl (C=O) groups excluding carboxylic acids is 5. The van der Waals surface area contributed by atoms with Crippen molar-refractivity contribution in [1.82, 2.24) is 26.2 Å². The van der Waals surface area contributed by atoms with Crippen molar-refractivity contribution in [2.24, 2.45) is 0 Å². The third-order valence-electron chi connectivity index (χ3n) is 6.86. The number of carbonyl (C=O) groups is 5. The number of nitrogens with one attached hydrogen (secondary N) is 4. The van der Waals surface area contributed by atoms with Crippen LogP contribution >= 0.6 is 11.8 Å². The topological polar surface area (TPSA) is 164 Å². The fraction of sp³-hybridized carbons (Fsp3) is 0.741. The zero-order chi connectivity index (χ0) is 29.3. The number of urea groups is 1. The SMILES string of the molecule is O=C(CCCC[C@@H]1SC[C@@H]2NC(=O)N[C@@H]21)NCCCOCCOCCOCCCNC(=O)CCN1C(=O)C=CC1=O. The van der Waals surface area contributed by atoms with Gasteiger partial charge >= 0.3 is 6.03 Å². The summed E-state index contributed by atoms with van der Waals surface area (Å²) in [6, 6.07) is 0.401. The van der Waals surface area contributed by atoms with Crippen LogP contribution in [-0.2, 0) is 33.4 Å². The minimum Gasteiger partial charge on any atom is -0.379 e. The number of thioether (sulfide) groups is 1. The molecule has 14 heteroatoms. The Labute approximate surface area is 245 Å². The summed E-state index contributed by atoms with van der Waals surface area (Å²) < 4.78 is 16.4. The van der Waals surface area contributed by atoms with Gasteiger partial charge in [0.05, 0.1) is 38.5 Å². The maximum absolute atomic E-state index is 12.0. The van der Waals surface area contributed by atoms with Crippen LogP contribution in [-0.4, -0.2) is 117 Å². The predicted molar refractivity (Wildman–Crippen MR) is 152 cm³/mol. The van der Waals surface area contributed by atoms with Crippen molar-refractivity contribution in [3.05, 3.63) is 12.2 Å². The smallest absolute Gasteiger partial charge is 0.315 e. The second kappa shape index (κ2) is 18.7. The number of hydrogen-bond donors (Lipinski definition) is 4. The first-order valence-corrected chi connectivity index (χ1v) is 15.5. The van der Waals surface area contributed by atoms with Gasteiger partial charge < -0.3 is 35.5 Å². The lowest BCUT2D eigenvalue weighted by Gasteiger charge is -2.16. The maximum Gasteiger partial charge on any atom is 0.315 e. The molecule has 0 radical (unpaired) electrons. The molecule has 0 aromatic carbocycles. The van der Waals surface area contributed by atoms with Gasteiger partial charge in [-0.05, 0) is 25.7 Å². The van der Waals surface area contributed by atoms with Crippen molar-refractivity contribution in [3.63, 3.8) is 0 Å². The number of rotatable bonds is 22. The summed E-state index contributed by atoms with van der Waals surface area (Å²) >= 11 is 1.90. The van der Waals surface area contributed by atoms with E-state index in [1.165, 1.54) is 12.2 Å². The van der Waals surface area contributed by atoms with Crippen molar-refractivity contribution in [2.75, 3.05) is 65.0 Å². The molecule has 2 fully saturated rings. The molecule has 6 amide bonds. The highest BCUT2D eigenvalue weighted by Gasteiger charge is 2.42. The lowest BCUT2D eigenvalue weighted by molar-refractivity contribution is -0.137. The Morgan fingerprint density at radius 1 is 0.805 bits per heavy atom. The molecule has 0 aromatic heterocycles. The molecule has 0 bridgehead atoms. The lowest BCUT2D eigenvalue weighted by atomic mass is 10.0. The molecule has 0 aromatic rings. The standard InChI is InChI=1S/C27H43N5O8S/c33-22(6-2-1-5-21-26-20(19-41-21)30-27(37)31-26)28-10-3-13-38-15-17-40-18-16-39-14-4-11-29-23(34)9-12-32-24(35)7-8-25(32)36/h7-8,20-21,26H,1-6,9-19H2,(H,28,33)(H,29,34)(H2,30,31,37)/t20-,21-,26-/m0/s1.